The molecule has 2 rings (SSSR count). The average Bonchev–Trinajstić information content (AvgIpc) is 2.42. The summed E-state index contributed by atoms with van der Waals surface area (Å²) in [6.07, 6.45) is 0.134. The van der Waals surface area contributed by atoms with Crippen molar-refractivity contribution in [2.45, 2.75) is 32.6 Å². The van der Waals surface area contributed by atoms with Crippen LogP contribution in [0.3, 0.4) is 0 Å². The Morgan fingerprint density at radius 3 is 2.18 bits per heavy atom. The number of rotatable bonds is 3. The quantitative estimate of drug-likeness (QED) is 0.759. The maximum absolute atomic E-state index is 12.0. The zero-order valence-electron chi connectivity index (χ0n) is 13.1. The normalized spacial score (nSPS) is 11.2. The molecule has 0 atom stereocenters. The van der Waals surface area contributed by atoms with Crippen molar-refractivity contribution in [3.63, 3.8) is 0 Å². The highest BCUT2D eigenvalue weighted by Crippen LogP contribution is 2.26. The molecule has 4 nitrogen and oxygen atoms in total. The highest BCUT2D eigenvalue weighted by atomic mass is 16.3. The Morgan fingerprint density at radius 2 is 1.64 bits per heavy atom. The first-order valence-corrected chi connectivity index (χ1v) is 7.17. The Kier molecular flexibility index (Phi) is 4.40. The van der Waals surface area contributed by atoms with Crippen LogP contribution in [0.2, 0.25) is 0 Å². The Balaban J connectivity index is 2.01. The number of nitrogens with one attached hydrogen (secondary N) is 1. The summed E-state index contributed by atoms with van der Waals surface area (Å²) in [5.74, 6) is -0.588. The van der Waals surface area contributed by atoms with Crippen LogP contribution < -0.4 is 5.32 Å². The number of anilines is 1. The Hall–Kier alpha value is -2.49. The Bertz CT molecular complexity index is 670. The fourth-order valence-corrected chi connectivity index (χ4v) is 2.12. The molecule has 0 saturated carbocycles. The third-order valence-electron chi connectivity index (χ3n) is 3.44. The van der Waals surface area contributed by atoms with Crippen LogP contribution in [0, 0.1) is 0 Å². The second-order valence-electron chi connectivity index (χ2n) is 6.38. The van der Waals surface area contributed by atoms with E-state index in [9.17, 15) is 15.0 Å². The third kappa shape index (κ3) is 4.01. The third-order valence-corrected chi connectivity index (χ3v) is 3.44. The lowest BCUT2D eigenvalue weighted by Gasteiger charge is -2.19. The minimum absolute atomic E-state index is 0.0755. The summed E-state index contributed by atoms with van der Waals surface area (Å²) in [7, 11) is 0. The number of benzene rings is 2. The predicted octanol–water partition coefficient (Wildman–Crippen LogP) is 3.58. The summed E-state index contributed by atoms with van der Waals surface area (Å²) in [6, 6.07) is 12.1. The van der Waals surface area contributed by atoms with Crippen LogP contribution in [0.1, 0.15) is 31.9 Å². The van der Waals surface area contributed by atoms with Crippen molar-refractivity contribution in [1.29, 1.82) is 0 Å². The number of amides is 1. The van der Waals surface area contributed by atoms with Crippen molar-refractivity contribution >= 4 is 11.6 Å². The first-order valence-electron chi connectivity index (χ1n) is 7.17. The molecule has 0 aliphatic carbocycles. The highest BCUT2D eigenvalue weighted by molar-refractivity contribution is 5.92. The minimum atomic E-state index is -0.222. The molecule has 0 fully saturated rings. The number of hydrogen-bond donors (Lipinski definition) is 3. The molecule has 1 amide bonds. The molecule has 3 N–H and O–H groups in total. The first kappa shape index (κ1) is 15.9. The van der Waals surface area contributed by atoms with Crippen LogP contribution >= 0.6 is 0 Å². The van der Waals surface area contributed by atoms with Crippen molar-refractivity contribution in [3.8, 4) is 11.5 Å². The van der Waals surface area contributed by atoms with Crippen LogP contribution in [0.15, 0.2) is 42.5 Å². The van der Waals surface area contributed by atoms with Crippen molar-refractivity contribution in [1.82, 2.24) is 0 Å². The van der Waals surface area contributed by atoms with E-state index in [0.29, 0.717) is 5.56 Å². The molecule has 2 aromatic rings. The van der Waals surface area contributed by atoms with Gasteiger partial charge in [0.25, 0.3) is 0 Å². The SMILES string of the molecule is CC(C)(C)c1ccc(NC(=O)Cc2ccc(O)c(O)c2)cc1. The molecular formula is C18H21NO3. The number of phenols is 2. The molecule has 0 radical (unpaired) electrons. The van der Waals surface area contributed by atoms with Gasteiger partial charge in [-0.1, -0.05) is 39.0 Å². The lowest BCUT2D eigenvalue weighted by atomic mass is 9.87. The lowest BCUT2D eigenvalue weighted by molar-refractivity contribution is -0.115. The van der Waals surface area contributed by atoms with Gasteiger partial charge in [-0.05, 0) is 40.8 Å². The number of aromatic hydroxyl groups is 2. The molecule has 116 valence electrons. The van der Waals surface area contributed by atoms with Crippen molar-refractivity contribution < 1.29 is 15.0 Å². The van der Waals surface area contributed by atoms with Gasteiger partial charge in [-0.25, -0.2) is 0 Å². The Labute approximate surface area is 130 Å². The van der Waals surface area contributed by atoms with E-state index in [1.54, 1.807) is 6.07 Å². The van der Waals surface area contributed by atoms with Gasteiger partial charge in [0, 0.05) is 5.69 Å². The van der Waals surface area contributed by atoms with E-state index in [4.69, 9.17) is 0 Å². The van der Waals surface area contributed by atoms with Crippen LogP contribution in [-0.4, -0.2) is 16.1 Å². The van der Waals surface area contributed by atoms with Gasteiger partial charge in [-0.3, -0.25) is 4.79 Å². The summed E-state index contributed by atoms with van der Waals surface area (Å²) < 4.78 is 0. The molecule has 0 aliphatic heterocycles. The molecule has 0 saturated heterocycles. The van der Waals surface area contributed by atoms with E-state index in [1.807, 2.05) is 24.3 Å². The van der Waals surface area contributed by atoms with Gasteiger partial charge >= 0.3 is 0 Å². The van der Waals surface area contributed by atoms with Crippen LogP contribution in [0.25, 0.3) is 0 Å². The summed E-state index contributed by atoms with van der Waals surface area (Å²) in [6.45, 7) is 6.41. The standard InChI is InChI=1S/C18H21NO3/c1-18(2,3)13-5-7-14(8-6-13)19-17(22)11-12-4-9-15(20)16(21)10-12/h4-10,20-21H,11H2,1-3H3,(H,19,22). The van der Waals surface area contributed by atoms with Crippen LogP contribution in [0.4, 0.5) is 5.69 Å². The van der Waals surface area contributed by atoms with E-state index >= 15 is 0 Å². The maximum atomic E-state index is 12.0. The van der Waals surface area contributed by atoms with Crippen molar-refractivity contribution in [2.24, 2.45) is 0 Å². The largest absolute Gasteiger partial charge is 0.504 e. The molecule has 4 heteroatoms. The van der Waals surface area contributed by atoms with E-state index in [1.165, 1.54) is 17.7 Å². The molecule has 0 aromatic heterocycles. The molecule has 0 unspecified atom stereocenters. The maximum Gasteiger partial charge on any atom is 0.228 e. The van der Waals surface area contributed by atoms with Crippen LogP contribution in [-0.2, 0) is 16.6 Å². The van der Waals surface area contributed by atoms with Gasteiger partial charge in [0.2, 0.25) is 5.91 Å². The van der Waals surface area contributed by atoms with Gasteiger partial charge in [-0.2, -0.15) is 0 Å². The molecule has 0 bridgehead atoms. The molecular weight excluding hydrogens is 278 g/mol. The lowest BCUT2D eigenvalue weighted by Crippen LogP contribution is -2.15. The van der Waals surface area contributed by atoms with Gasteiger partial charge in [0.05, 0.1) is 6.42 Å². The zero-order chi connectivity index (χ0) is 16.3. The Morgan fingerprint density at radius 1 is 1.00 bits per heavy atom. The van der Waals surface area contributed by atoms with Crippen molar-refractivity contribution in [3.05, 3.63) is 53.6 Å². The van der Waals surface area contributed by atoms with Gasteiger partial charge in [0.1, 0.15) is 0 Å². The fourth-order valence-electron chi connectivity index (χ4n) is 2.12. The van der Waals surface area contributed by atoms with Crippen molar-refractivity contribution in [2.75, 3.05) is 5.32 Å². The van der Waals surface area contributed by atoms with Gasteiger partial charge in [0.15, 0.2) is 11.5 Å². The highest BCUT2D eigenvalue weighted by Gasteiger charge is 2.13. The van der Waals surface area contributed by atoms with E-state index in [2.05, 4.69) is 26.1 Å². The predicted molar refractivity (Wildman–Crippen MR) is 87.2 cm³/mol. The van der Waals surface area contributed by atoms with E-state index in [-0.39, 0.29) is 29.2 Å². The van der Waals surface area contributed by atoms with Crippen LogP contribution in [0.5, 0.6) is 11.5 Å². The van der Waals surface area contributed by atoms with Gasteiger partial charge in [-0.15, -0.1) is 0 Å². The van der Waals surface area contributed by atoms with E-state index < -0.39 is 0 Å². The fraction of sp³-hybridized carbons (Fsp3) is 0.278. The second kappa shape index (κ2) is 6.10. The summed E-state index contributed by atoms with van der Waals surface area (Å²) >= 11 is 0. The smallest absolute Gasteiger partial charge is 0.228 e. The molecule has 0 heterocycles. The number of hydrogen-bond acceptors (Lipinski definition) is 3. The molecule has 2 aromatic carbocycles. The topological polar surface area (TPSA) is 69.6 Å². The molecule has 22 heavy (non-hydrogen) atoms. The van der Waals surface area contributed by atoms with E-state index in [0.717, 1.165) is 5.69 Å². The summed E-state index contributed by atoms with van der Waals surface area (Å²) in [4.78, 5) is 12.0. The molecule has 0 spiro atoms. The number of phenolic OH excluding ortho intramolecular Hbond substituents is 2. The van der Waals surface area contributed by atoms with Gasteiger partial charge < -0.3 is 15.5 Å². The average molecular weight is 299 g/mol. The summed E-state index contributed by atoms with van der Waals surface area (Å²) in [5.41, 5.74) is 2.65. The first-order chi connectivity index (χ1) is 10.3. The number of carbonyl (C=O) groups is 1. The molecule has 0 aliphatic rings. The second-order valence-corrected chi connectivity index (χ2v) is 6.38. The monoisotopic (exact) mass is 299 g/mol. The summed E-state index contributed by atoms with van der Waals surface area (Å²) in [5, 5.41) is 21.5. The minimum Gasteiger partial charge on any atom is -0.504 e. The number of carbonyl (C=O) groups excluding carboxylic acids is 1. The zero-order valence-corrected chi connectivity index (χ0v) is 13.1.